The van der Waals surface area contributed by atoms with Gasteiger partial charge in [0.25, 0.3) is 0 Å². The molecule has 0 fully saturated rings. The molecule has 0 saturated heterocycles. The van der Waals surface area contributed by atoms with Crippen LogP contribution >= 0.6 is 24.0 Å². The molecular formula is C18H25IN4O2. The Hall–Kier alpha value is -2.03. The molecule has 0 bridgehead atoms. The molecule has 25 heavy (non-hydrogen) atoms. The van der Waals surface area contributed by atoms with E-state index in [1.54, 1.807) is 6.20 Å². The molecule has 0 aliphatic heterocycles. The molecule has 2 aromatic rings. The molecule has 136 valence electrons. The molecule has 1 heterocycles. The van der Waals surface area contributed by atoms with Gasteiger partial charge in [-0.2, -0.15) is 0 Å². The van der Waals surface area contributed by atoms with E-state index in [2.05, 4.69) is 22.2 Å². The van der Waals surface area contributed by atoms with E-state index >= 15 is 0 Å². The number of rotatable bonds is 8. The minimum atomic E-state index is 0. The molecule has 2 rings (SSSR count). The Morgan fingerprint density at radius 3 is 2.56 bits per heavy atom. The molecule has 6 nitrogen and oxygen atoms in total. The lowest BCUT2D eigenvalue weighted by Gasteiger charge is -2.10. The summed E-state index contributed by atoms with van der Waals surface area (Å²) in [5, 5.41) is 3.03. The summed E-state index contributed by atoms with van der Waals surface area (Å²) in [7, 11) is 0. The molecule has 0 aliphatic rings. The summed E-state index contributed by atoms with van der Waals surface area (Å²) in [4.78, 5) is 8.57. The molecule has 7 heteroatoms. The molecule has 0 unspecified atom stereocenters. The Morgan fingerprint density at radius 1 is 1.16 bits per heavy atom. The van der Waals surface area contributed by atoms with Gasteiger partial charge in [0.2, 0.25) is 5.88 Å². The Balaban J connectivity index is 0.00000312. The zero-order valence-electron chi connectivity index (χ0n) is 14.6. The van der Waals surface area contributed by atoms with Crippen molar-refractivity contribution in [3.63, 3.8) is 0 Å². The molecule has 3 N–H and O–H groups in total. The molecule has 0 saturated carbocycles. The maximum atomic E-state index is 5.79. The van der Waals surface area contributed by atoms with Crippen molar-refractivity contribution in [1.82, 2.24) is 10.3 Å². The number of halogens is 1. The maximum absolute atomic E-state index is 5.79. The Morgan fingerprint density at radius 2 is 1.92 bits per heavy atom. The number of ether oxygens (including phenoxy) is 2. The number of nitrogens with two attached hydrogens (primary N) is 1. The summed E-state index contributed by atoms with van der Waals surface area (Å²) < 4.78 is 11.3. The number of aromatic nitrogens is 1. The van der Waals surface area contributed by atoms with Crippen molar-refractivity contribution in [2.24, 2.45) is 10.7 Å². The molecule has 0 spiro atoms. The van der Waals surface area contributed by atoms with E-state index in [0.717, 1.165) is 18.5 Å². The average molecular weight is 456 g/mol. The highest BCUT2D eigenvalue weighted by Gasteiger charge is 2.06. The molecule has 1 aromatic carbocycles. The first kappa shape index (κ1) is 21.0. The Bertz CT molecular complexity index is 662. The van der Waals surface area contributed by atoms with E-state index in [1.807, 2.05) is 43.3 Å². The summed E-state index contributed by atoms with van der Waals surface area (Å²) in [6.45, 7) is 5.89. The highest BCUT2D eigenvalue weighted by Crippen LogP contribution is 2.30. The third-order valence-corrected chi connectivity index (χ3v) is 3.15. The van der Waals surface area contributed by atoms with E-state index in [1.165, 1.54) is 0 Å². The Labute approximate surface area is 165 Å². The average Bonchev–Trinajstić information content (AvgIpc) is 2.61. The van der Waals surface area contributed by atoms with E-state index < -0.39 is 0 Å². The van der Waals surface area contributed by atoms with Gasteiger partial charge in [0.1, 0.15) is 0 Å². The highest BCUT2D eigenvalue weighted by atomic mass is 127. The lowest BCUT2D eigenvalue weighted by molar-refractivity contribution is 0.319. The van der Waals surface area contributed by atoms with E-state index in [4.69, 9.17) is 15.2 Å². The highest BCUT2D eigenvalue weighted by molar-refractivity contribution is 14.0. The van der Waals surface area contributed by atoms with Crippen LogP contribution < -0.4 is 20.5 Å². The summed E-state index contributed by atoms with van der Waals surface area (Å²) in [6, 6.07) is 11.3. The first-order valence-electron chi connectivity index (χ1n) is 8.11. The number of nitrogens with one attached hydrogen (secondary N) is 1. The van der Waals surface area contributed by atoms with Crippen molar-refractivity contribution in [2.45, 2.75) is 26.8 Å². The normalized spacial score (nSPS) is 10.7. The maximum Gasteiger partial charge on any atom is 0.219 e. The SMILES string of the molecule is CCCNC(N)=NCc1ccc(Oc2ccccc2OCC)nc1.I. The third kappa shape index (κ3) is 7.16. The number of hydrogen-bond acceptors (Lipinski definition) is 4. The first-order valence-corrected chi connectivity index (χ1v) is 8.11. The number of guanidine groups is 1. The van der Waals surface area contributed by atoms with Crippen LogP contribution in [0.3, 0.4) is 0 Å². The quantitative estimate of drug-likeness (QED) is 0.360. The summed E-state index contributed by atoms with van der Waals surface area (Å²) in [5.74, 6) is 2.30. The van der Waals surface area contributed by atoms with Crippen LogP contribution in [0.25, 0.3) is 0 Å². The van der Waals surface area contributed by atoms with E-state index in [-0.39, 0.29) is 24.0 Å². The van der Waals surface area contributed by atoms with Gasteiger partial charge >= 0.3 is 0 Å². The molecule has 0 amide bonds. The van der Waals surface area contributed by atoms with Crippen LogP contribution in [-0.4, -0.2) is 24.1 Å². The van der Waals surface area contributed by atoms with Crippen LogP contribution in [0.2, 0.25) is 0 Å². The van der Waals surface area contributed by atoms with Gasteiger partial charge in [-0.15, -0.1) is 24.0 Å². The molecule has 0 atom stereocenters. The van der Waals surface area contributed by atoms with Gasteiger partial charge < -0.3 is 20.5 Å². The van der Waals surface area contributed by atoms with Crippen LogP contribution in [0, 0.1) is 0 Å². The van der Waals surface area contributed by atoms with Crippen LogP contribution in [-0.2, 0) is 6.54 Å². The molecule has 1 aromatic heterocycles. The molecule has 0 aliphatic carbocycles. The second-order valence-corrected chi connectivity index (χ2v) is 5.11. The minimum absolute atomic E-state index is 0. The van der Waals surface area contributed by atoms with Gasteiger partial charge in [-0.1, -0.05) is 25.1 Å². The van der Waals surface area contributed by atoms with Gasteiger partial charge in [-0.3, -0.25) is 0 Å². The van der Waals surface area contributed by atoms with E-state index in [9.17, 15) is 0 Å². The van der Waals surface area contributed by atoms with Gasteiger partial charge in [-0.05, 0) is 31.0 Å². The van der Waals surface area contributed by atoms with Crippen LogP contribution in [0.5, 0.6) is 17.4 Å². The topological polar surface area (TPSA) is 81.8 Å². The predicted molar refractivity (Wildman–Crippen MR) is 111 cm³/mol. The molecule has 0 radical (unpaired) electrons. The van der Waals surface area contributed by atoms with Crippen molar-refractivity contribution < 1.29 is 9.47 Å². The first-order chi connectivity index (χ1) is 11.7. The number of benzene rings is 1. The van der Waals surface area contributed by atoms with Crippen LogP contribution in [0.1, 0.15) is 25.8 Å². The smallest absolute Gasteiger partial charge is 0.219 e. The second-order valence-electron chi connectivity index (χ2n) is 5.11. The van der Waals surface area contributed by atoms with Gasteiger partial charge in [0, 0.05) is 18.8 Å². The van der Waals surface area contributed by atoms with Gasteiger partial charge in [0.05, 0.1) is 13.2 Å². The number of nitrogens with zero attached hydrogens (tertiary/aromatic N) is 2. The van der Waals surface area contributed by atoms with Crippen molar-refractivity contribution in [3.05, 3.63) is 48.2 Å². The standard InChI is InChI=1S/C18H24N4O2.HI/c1-3-11-20-18(19)22-13-14-9-10-17(21-12-14)24-16-8-6-5-7-15(16)23-4-2;/h5-10,12H,3-4,11,13H2,1-2H3,(H3,19,20,22);1H. The fraction of sp³-hybridized carbons (Fsp3) is 0.333. The van der Waals surface area contributed by atoms with Gasteiger partial charge in [-0.25, -0.2) is 9.98 Å². The van der Waals surface area contributed by atoms with E-state index in [0.29, 0.717) is 36.5 Å². The molecular weight excluding hydrogens is 431 g/mol. The van der Waals surface area contributed by atoms with Crippen molar-refractivity contribution in [1.29, 1.82) is 0 Å². The Kier molecular flexibility index (Phi) is 9.68. The number of para-hydroxylation sites is 2. The fourth-order valence-electron chi connectivity index (χ4n) is 1.97. The summed E-state index contributed by atoms with van der Waals surface area (Å²) in [6.07, 6.45) is 2.74. The van der Waals surface area contributed by atoms with Crippen molar-refractivity contribution in [3.8, 4) is 17.4 Å². The summed E-state index contributed by atoms with van der Waals surface area (Å²) in [5.41, 5.74) is 6.72. The van der Waals surface area contributed by atoms with Crippen LogP contribution in [0.4, 0.5) is 0 Å². The predicted octanol–water partition coefficient (Wildman–Crippen LogP) is 3.70. The number of aliphatic imine (C=N–C) groups is 1. The number of pyridine rings is 1. The second kappa shape index (κ2) is 11.5. The minimum Gasteiger partial charge on any atom is -0.490 e. The van der Waals surface area contributed by atoms with Gasteiger partial charge in [0.15, 0.2) is 17.5 Å². The monoisotopic (exact) mass is 456 g/mol. The van der Waals surface area contributed by atoms with Crippen LogP contribution in [0.15, 0.2) is 47.6 Å². The largest absolute Gasteiger partial charge is 0.490 e. The summed E-state index contributed by atoms with van der Waals surface area (Å²) >= 11 is 0. The van der Waals surface area contributed by atoms with Crippen molar-refractivity contribution >= 4 is 29.9 Å². The lowest BCUT2D eigenvalue weighted by Crippen LogP contribution is -2.32. The number of hydrogen-bond donors (Lipinski definition) is 2. The fourth-order valence-corrected chi connectivity index (χ4v) is 1.97. The zero-order valence-corrected chi connectivity index (χ0v) is 16.9. The third-order valence-electron chi connectivity index (χ3n) is 3.15. The van der Waals surface area contributed by atoms with Crippen molar-refractivity contribution in [2.75, 3.05) is 13.2 Å². The lowest BCUT2D eigenvalue weighted by atomic mass is 10.3. The zero-order chi connectivity index (χ0) is 17.2.